The van der Waals surface area contributed by atoms with Gasteiger partial charge in [0, 0.05) is 0 Å². The van der Waals surface area contributed by atoms with Crippen molar-refractivity contribution in [3.63, 3.8) is 0 Å². The van der Waals surface area contributed by atoms with Gasteiger partial charge in [0.1, 0.15) is 0 Å². The zero-order chi connectivity index (χ0) is 19.8. The summed E-state index contributed by atoms with van der Waals surface area (Å²) in [6, 6.07) is 8.18. The van der Waals surface area contributed by atoms with Gasteiger partial charge in [-0.1, -0.05) is 50.6 Å². The fraction of sp³-hybridized carbons (Fsp3) is 0.579. The Morgan fingerprint density at radius 3 is 2.56 bits per heavy atom. The molecule has 1 saturated heterocycles. The van der Waals surface area contributed by atoms with Crippen molar-refractivity contribution >= 4 is 58.1 Å². The zero-order valence-corrected chi connectivity index (χ0v) is 20.3. The van der Waals surface area contributed by atoms with E-state index in [0.29, 0.717) is 0 Å². The lowest BCUT2D eigenvalue weighted by Crippen LogP contribution is -2.70. The first kappa shape index (κ1) is 21.2. The Bertz CT molecular complexity index is 788. The number of fused-ring (bicyclic) bond motifs is 1. The summed E-state index contributed by atoms with van der Waals surface area (Å²) < 4.78 is 8.82. The van der Waals surface area contributed by atoms with Crippen LogP contribution in [0.1, 0.15) is 34.1 Å². The minimum absolute atomic E-state index is 0.0430. The number of carbonyl (C=O) groups excluding carboxylic acids is 1. The van der Waals surface area contributed by atoms with E-state index < -0.39 is 14.6 Å². The number of β-lactam (4-membered cyclic amide) rings is 1. The van der Waals surface area contributed by atoms with Gasteiger partial charge in [0.2, 0.25) is 5.91 Å². The van der Waals surface area contributed by atoms with Crippen molar-refractivity contribution in [1.29, 1.82) is 0 Å². The van der Waals surface area contributed by atoms with Crippen molar-refractivity contribution in [2.24, 2.45) is 11.3 Å². The smallest absolute Gasteiger partial charge is 0.229 e. The number of benzene rings is 1. The second kappa shape index (κ2) is 8.06. The Labute approximate surface area is 175 Å². The van der Waals surface area contributed by atoms with E-state index in [9.17, 15) is 4.79 Å². The molecule has 27 heavy (non-hydrogen) atoms. The number of para-hydroxylation sites is 1. The first-order valence-corrected chi connectivity index (χ1v) is 15.2. The summed E-state index contributed by atoms with van der Waals surface area (Å²) in [6.45, 7) is 13.1. The predicted molar refractivity (Wildman–Crippen MR) is 121 cm³/mol. The molecule has 0 spiro atoms. The van der Waals surface area contributed by atoms with Crippen LogP contribution in [0.15, 0.2) is 28.6 Å². The molecule has 2 aromatic rings. The Kier molecular flexibility index (Phi) is 6.32. The molecule has 1 N–H and O–H groups in total. The number of nitrogens with one attached hydrogen (secondary N) is 1. The van der Waals surface area contributed by atoms with Gasteiger partial charge < -0.3 is 9.74 Å². The third-order valence-corrected chi connectivity index (χ3v) is 9.96. The zero-order valence-electron chi connectivity index (χ0n) is 16.7. The summed E-state index contributed by atoms with van der Waals surface area (Å²) >= 11 is 1.70. The van der Waals surface area contributed by atoms with Crippen molar-refractivity contribution in [1.82, 2.24) is 10.3 Å². The van der Waals surface area contributed by atoms with E-state index >= 15 is 0 Å². The monoisotopic (exact) mass is 440 g/mol. The van der Waals surface area contributed by atoms with Crippen molar-refractivity contribution in [2.45, 2.75) is 62.5 Å². The number of amides is 1. The molecular formula is C19H28N2O2S3Si. The lowest BCUT2D eigenvalue weighted by atomic mass is 9.65. The van der Waals surface area contributed by atoms with Crippen molar-refractivity contribution < 1.29 is 9.22 Å². The average molecular weight is 441 g/mol. The van der Waals surface area contributed by atoms with Crippen LogP contribution in [-0.2, 0) is 9.22 Å². The van der Waals surface area contributed by atoms with Gasteiger partial charge in [-0.15, -0.1) is 11.3 Å². The first-order chi connectivity index (χ1) is 12.7. The topological polar surface area (TPSA) is 51.2 Å². The normalized spacial score (nSPS) is 22.6. The maximum atomic E-state index is 12.6. The molecule has 1 fully saturated rings. The summed E-state index contributed by atoms with van der Waals surface area (Å²) in [5.74, 6) is -0.0203. The Morgan fingerprint density at radius 1 is 1.30 bits per heavy atom. The predicted octanol–water partition coefficient (Wildman–Crippen LogP) is 5.30. The molecule has 1 unspecified atom stereocenters. The number of thiazole rings is 1. The minimum Gasteiger partial charge on any atom is -0.414 e. The fourth-order valence-corrected chi connectivity index (χ4v) is 9.20. The van der Waals surface area contributed by atoms with Crippen LogP contribution in [-0.4, -0.2) is 30.9 Å². The van der Waals surface area contributed by atoms with Crippen LogP contribution in [0.4, 0.5) is 0 Å². The molecule has 8 heteroatoms. The lowest BCUT2D eigenvalue weighted by molar-refractivity contribution is -0.157. The molecule has 0 saturated carbocycles. The number of hydrogen-bond donors (Lipinski definition) is 1. The molecule has 1 aromatic carbocycles. The Morgan fingerprint density at radius 2 is 2.00 bits per heavy atom. The maximum absolute atomic E-state index is 12.6. The maximum Gasteiger partial charge on any atom is 0.229 e. The molecule has 3 rings (SSSR count). The van der Waals surface area contributed by atoms with Gasteiger partial charge in [-0.25, -0.2) is 4.98 Å². The molecule has 1 aliphatic heterocycles. The number of aromatic nitrogens is 1. The van der Waals surface area contributed by atoms with Crippen LogP contribution in [0.3, 0.4) is 0 Å². The van der Waals surface area contributed by atoms with E-state index in [1.54, 1.807) is 32.9 Å². The molecule has 148 valence electrons. The van der Waals surface area contributed by atoms with Crippen molar-refractivity contribution in [3.05, 3.63) is 24.3 Å². The molecule has 0 radical (unpaired) electrons. The van der Waals surface area contributed by atoms with E-state index in [2.05, 4.69) is 52.2 Å². The highest BCUT2D eigenvalue weighted by molar-refractivity contribution is 8.77. The second-order valence-electron chi connectivity index (χ2n) is 8.19. The molecule has 2 heterocycles. The van der Waals surface area contributed by atoms with E-state index in [0.717, 1.165) is 16.3 Å². The van der Waals surface area contributed by atoms with Crippen LogP contribution in [0.25, 0.3) is 10.2 Å². The third kappa shape index (κ3) is 4.10. The Balaban J connectivity index is 1.78. The average Bonchev–Trinajstić information content (AvgIpc) is 2.98. The van der Waals surface area contributed by atoms with Crippen LogP contribution in [0.5, 0.6) is 0 Å². The van der Waals surface area contributed by atoms with E-state index in [-0.39, 0.29) is 22.6 Å². The highest BCUT2D eigenvalue weighted by Gasteiger charge is 2.59. The van der Waals surface area contributed by atoms with Gasteiger partial charge in [-0.3, -0.25) is 4.79 Å². The van der Waals surface area contributed by atoms with Crippen molar-refractivity contribution in [2.75, 3.05) is 0 Å². The quantitative estimate of drug-likeness (QED) is 0.359. The summed E-state index contributed by atoms with van der Waals surface area (Å²) in [6.07, 6.45) is 0.836. The summed E-state index contributed by atoms with van der Waals surface area (Å²) in [7, 11) is 2.04. The fourth-order valence-electron chi connectivity index (χ4n) is 3.84. The number of nitrogens with zero attached hydrogens (tertiary/aromatic N) is 1. The lowest BCUT2D eigenvalue weighted by Gasteiger charge is -2.55. The molecule has 4 nitrogen and oxygen atoms in total. The molecule has 1 amide bonds. The van der Waals surface area contributed by atoms with Gasteiger partial charge in [0.05, 0.1) is 27.1 Å². The highest BCUT2D eigenvalue weighted by atomic mass is 33.1. The molecule has 0 bridgehead atoms. The number of rotatable bonds is 7. The van der Waals surface area contributed by atoms with Gasteiger partial charge in [0.15, 0.2) is 13.4 Å². The standard InChI is InChI=1S/C19H28N2O2S3Si/c1-7-19(18(2,3)4,23-27(5)6)14-15(22)21-16(14)25-26-17-20-12-10-8-9-11-13(12)24-17/h8-11,14,16,27H,7H2,1-6H3,(H,21,22)/t14-,16-,19?/m1/s1. The van der Waals surface area contributed by atoms with Crippen molar-refractivity contribution in [3.8, 4) is 0 Å². The van der Waals surface area contributed by atoms with Crippen LogP contribution >= 0.6 is 32.9 Å². The van der Waals surface area contributed by atoms with Gasteiger partial charge >= 0.3 is 0 Å². The number of hydrogen-bond acceptors (Lipinski definition) is 6. The van der Waals surface area contributed by atoms with Crippen LogP contribution < -0.4 is 5.32 Å². The van der Waals surface area contributed by atoms with E-state index in [4.69, 9.17) is 9.41 Å². The molecule has 1 aromatic heterocycles. The molecule has 0 aliphatic carbocycles. The third-order valence-electron chi connectivity index (χ3n) is 5.11. The van der Waals surface area contributed by atoms with Gasteiger partial charge in [-0.05, 0) is 47.9 Å². The summed E-state index contributed by atoms with van der Waals surface area (Å²) in [5, 5.41) is 3.14. The summed E-state index contributed by atoms with van der Waals surface area (Å²) in [4.78, 5) is 17.3. The number of carbonyl (C=O) groups is 1. The Hall–Kier alpha value is -0.543. The van der Waals surface area contributed by atoms with Crippen LogP contribution in [0.2, 0.25) is 13.1 Å². The second-order valence-corrected chi connectivity index (χ2v) is 14.1. The minimum atomic E-state index is -1.31. The largest absolute Gasteiger partial charge is 0.414 e. The highest BCUT2D eigenvalue weighted by Crippen LogP contribution is 2.52. The van der Waals surface area contributed by atoms with Gasteiger partial charge in [0.25, 0.3) is 0 Å². The SMILES string of the molecule is CCC(O[SiH](C)C)([C@@H]1C(=O)N[C@@H]1SSc1nc2ccccc2s1)C(C)(C)C. The van der Waals surface area contributed by atoms with Gasteiger partial charge in [-0.2, -0.15) is 0 Å². The van der Waals surface area contributed by atoms with E-state index in [1.165, 1.54) is 4.70 Å². The molecule has 1 aliphatic rings. The van der Waals surface area contributed by atoms with E-state index in [1.807, 2.05) is 18.2 Å². The first-order valence-electron chi connectivity index (χ1n) is 9.35. The molecule has 3 atom stereocenters. The molecular weight excluding hydrogens is 413 g/mol. The summed E-state index contributed by atoms with van der Waals surface area (Å²) in [5.41, 5.74) is 0.494. The van der Waals surface area contributed by atoms with Crippen LogP contribution in [0, 0.1) is 11.3 Å².